The van der Waals surface area contributed by atoms with Gasteiger partial charge in [-0.25, -0.2) is 4.98 Å². The average Bonchev–Trinajstić information content (AvgIpc) is 2.83. The molecule has 0 unspecified atom stereocenters. The van der Waals surface area contributed by atoms with Crippen LogP contribution in [0.4, 0.5) is 0 Å². The lowest BCUT2D eigenvalue weighted by Gasteiger charge is -2.02. The number of imidazole rings is 1. The smallest absolute Gasteiger partial charge is 0.137 e. The van der Waals surface area contributed by atoms with Crippen molar-refractivity contribution < 1.29 is 0 Å². The van der Waals surface area contributed by atoms with Crippen LogP contribution in [0.1, 0.15) is 11.3 Å². The molecule has 2 heterocycles. The van der Waals surface area contributed by atoms with E-state index in [4.69, 9.17) is 11.6 Å². The van der Waals surface area contributed by atoms with Gasteiger partial charge in [-0.05, 0) is 29.8 Å². The Hall–Kier alpha value is -1.84. The fourth-order valence-corrected chi connectivity index (χ4v) is 2.14. The number of benzene rings is 1. The summed E-state index contributed by atoms with van der Waals surface area (Å²) in [5, 5.41) is 4.15. The number of aromatic nitrogens is 2. The van der Waals surface area contributed by atoms with Crippen molar-refractivity contribution in [3.63, 3.8) is 0 Å². The topological polar surface area (TPSA) is 29.3 Å². The molecule has 0 saturated carbocycles. The first-order valence-electron chi connectivity index (χ1n) is 6.19. The summed E-state index contributed by atoms with van der Waals surface area (Å²) in [5.41, 5.74) is 3.24. The van der Waals surface area contributed by atoms with E-state index in [-0.39, 0.29) is 0 Å². The third kappa shape index (κ3) is 2.95. The number of rotatable bonds is 4. The normalized spacial score (nSPS) is 11.0. The Morgan fingerprint density at radius 1 is 1.05 bits per heavy atom. The van der Waals surface area contributed by atoms with Crippen LogP contribution >= 0.6 is 11.6 Å². The molecule has 0 radical (unpaired) electrons. The van der Waals surface area contributed by atoms with Gasteiger partial charge >= 0.3 is 0 Å². The van der Waals surface area contributed by atoms with E-state index in [9.17, 15) is 0 Å². The summed E-state index contributed by atoms with van der Waals surface area (Å²) in [6.07, 6.45) is 4.05. The highest BCUT2D eigenvalue weighted by atomic mass is 35.5. The maximum atomic E-state index is 5.85. The van der Waals surface area contributed by atoms with E-state index >= 15 is 0 Å². The second kappa shape index (κ2) is 5.43. The van der Waals surface area contributed by atoms with E-state index < -0.39 is 0 Å². The van der Waals surface area contributed by atoms with Crippen LogP contribution in [0.5, 0.6) is 0 Å². The van der Waals surface area contributed by atoms with Crippen LogP contribution in [-0.4, -0.2) is 9.38 Å². The molecule has 0 atom stereocenters. The molecular weight excluding hydrogens is 258 g/mol. The predicted octanol–water partition coefficient (Wildman–Crippen LogP) is 3.28. The number of hydrogen-bond donors (Lipinski definition) is 1. The van der Waals surface area contributed by atoms with Crippen LogP contribution in [0, 0.1) is 0 Å². The molecule has 3 nitrogen and oxygen atoms in total. The van der Waals surface area contributed by atoms with Crippen LogP contribution in [-0.2, 0) is 13.1 Å². The van der Waals surface area contributed by atoms with Crippen molar-refractivity contribution in [2.45, 2.75) is 13.1 Å². The van der Waals surface area contributed by atoms with Crippen molar-refractivity contribution in [2.75, 3.05) is 0 Å². The number of nitrogens with zero attached hydrogens (tertiary/aromatic N) is 2. The number of fused-ring (bicyclic) bond motifs is 1. The molecule has 0 bridgehead atoms. The standard InChI is InChI=1S/C15H14ClN3/c16-13-6-4-12(5-7-13)9-17-10-14-11-19-8-2-1-3-15(19)18-14/h1-8,11,17H,9-10H2. The van der Waals surface area contributed by atoms with Crippen molar-refractivity contribution >= 4 is 17.2 Å². The minimum absolute atomic E-state index is 0.754. The third-order valence-electron chi connectivity index (χ3n) is 2.96. The van der Waals surface area contributed by atoms with Gasteiger partial charge in [0.25, 0.3) is 0 Å². The molecular formula is C15H14ClN3. The van der Waals surface area contributed by atoms with Gasteiger partial charge in [0.15, 0.2) is 0 Å². The van der Waals surface area contributed by atoms with Gasteiger partial charge in [-0.2, -0.15) is 0 Å². The summed E-state index contributed by atoms with van der Waals surface area (Å²) >= 11 is 5.85. The quantitative estimate of drug-likeness (QED) is 0.789. The fraction of sp³-hybridized carbons (Fsp3) is 0.133. The molecule has 1 aromatic carbocycles. The fourth-order valence-electron chi connectivity index (χ4n) is 2.01. The first-order chi connectivity index (χ1) is 9.31. The SMILES string of the molecule is Clc1ccc(CNCc2cn3ccccc3n2)cc1. The maximum Gasteiger partial charge on any atom is 0.137 e. The second-order valence-corrected chi connectivity index (χ2v) is 4.86. The zero-order valence-corrected chi connectivity index (χ0v) is 11.1. The highest BCUT2D eigenvalue weighted by Crippen LogP contribution is 2.09. The van der Waals surface area contributed by atoms with Gasteiger partial charge < -0.3 is 9.72 Å². The minimum atomic E-state index is 0.754. The lowest BCUT2D eigenvalue weighted by molar-refractivity contribution is 0.683. The summed E-state index contributed by atoms with van der Waals surface area (Å²) in [6, 6.07) is 13.9. The second-order valence-electron chi connectivity index (χ2n) is 4.43. The number of hydrogen-bond acceptors (Lipinski definition) is 2. The summed E-state index contributed by atoms with van der Waals surface area (Å²) in [7, 11) is 0. The van der Waals surface area contributed by atoms with Crippen LogP contribution in [0.25, 0.3) is 5.65 Å². The minimum Gasteiger partial charge on any atom is -0.307 e. The van der Waals surface area contributed by atoms with Crippen LogP contribution in [0.2, 0.25) is 5.02 Å². The molecule has 0 saturated heterocycles. The summed E-state index contributed by atoms with van der Waals surface area (Å²) in [6.45, 7) is 1.56. The molecule has 3 rings (SSSR count). The molecule has 0 aliphatic carbocycles. The maximum absolute atomic E-state index is 5.85. The van der Waals surface area contributed by atoms with Gasteiger partial charge in [-0.15, -0.1) is 0 Å². The van der Waals surface area contributed by atoms with Crippen LogP contribution in [0.3, 0.4) is 0 Å². The van der Waals surface area contributed by atoms with E-state index in [1.807, 2.05) is 59.3 Å². The van der Waals surface area contributed by atoms with Gasteiger partial charge in [0, 0.05) is 30.5 Å². The van der Waals surface area contributed by atoms with Crippen molar-refractivity contribution in [3.05, 3.63) is 71.1 Å². The zero-order valence-electron chi connectivity index (χ0n) is 10.4. The Morgan fingerprint density at radius 3 is 2.68 bits per heavy atom. The van der Waals surface area contributed by atoms with Gasteiger partial charge in [0.1, 0.15) is 5.65 Å². The van der Waals surface area contributed by atoms with Crippen molar-refractivity contribution in [2.24, 2.45) is 0 Å². The van der Waals surface area contributed by atoms with Crippen LogP contribution < -0.4 is 5.32 Å². The Bertz CT molecular complexity index is 640. The summed E-state index contributed by atoms with van der Waals surface area (Å²) < 4.78 is 2.03. The van der Waals surface area contributed by atoms with Crippen molar-refractivity contribution in [3.8, 4) is 0 Å². The third-order valence-corrected chi connectivity index (χ3v) is 3.21. The molecule has 2 aromatic heterocycles. The molecule has 0 spiro atoms. The molecule has 19 heavy (non-hydrogen) atoms. The molecule has 96 valence electrons. The molecule has 0 aliphatic heterocycles. The molecule has 3 aromatic rings. The van der Waals surface area contributed by atoms with Gasteiger partial charge in [-0.1, -0.05) is 29.8 Å². The van der Waals surface area contributed by atoms with Crippen LogP contribution in [0.15, 0.2) is 54.9 Å². The lowest BCUT2D eigenvalue weighted by Crippen LogP contribution is -2.12. The van der Waals surface area contributed by atoms with Crippen molar-refractivity contribution in [1.82, 2.24) is 14.7 Å². The number of halogens is 1. The lowest BCUT2D eigenvalue weighted by atomic mass is 10.2. The van der Waals surface area contributed by atoms with Gasteiger partial charge in [-0.3, -0.25) is 0 Å². The zero-order chi connectivity index (χ0) is 13.1. The van der Waals surface area contributed by atoms with E-state index in [0.29, 0.717) is 0 Å². The Kier molecular flexibility index (Phi) is 3.49. The van der Waals surface area contributed by atoms with Gasteiger partial charge in [0.05, 0.1) is 5.69 Å². The first-order valence-corrected chi connectivity index (χ1v) is 6.57. The highest BCUT2D eigenvalue weighted by Gasteiger charge is 2.00. The van der Waals surface area contributed by atoms with E-state index in [2.05, 4.69) is 10.3 Å². The Morgan fingerprint density at radius 2 is 1.89 bits per heavy atom. The first kappa shape index (κ1) is 12.2. The molecule has 4 heteroatoms. The Balaban J connectivity index is 1.61. The number of nitrogens with one attached hydrogen (secondary N) is 1. The van der Waals surface area contributed by atoms with E-state index in [1.165, 1.54) is 5.56 Å². The van der Waals surface area contributed by atoms with E-state index in [1.54, 1.807) is 0 Å². The summed E-state index contributed by atoms with van der Waals surface area (Å²) in [4.78, 5) is 4.54. The average molecular weight is 272 g/mol. The number of pyridine rings is 1. The summed E-state index contributed by atoms with van der Waals surface area (Å²) in [5.74, 6) is 0. The highest BCUT2D eigenvalue weighted by molar-refractivity contribution is 6.30. The Labute approximate surface area is 116 Å². The molecule has 1 N–H and O–H groups in total. The predicted molar refractivity (Wildman–Crippen MR) is 77.2 cm³/mol. The van der Waals surface area contributed by atoms with Crippen molar-refractivity contribution in [1.29, 1.82) is 0 Å². The molecule has 0 amide bonds. The largest absolute Gasteiger partial charge is 0.307 e. The van der Waals surface area contributed by atoms with E-state index in [0.717, 1.165) is 29.5 Å². The molecule has 0 fully saturated rings. The monoisotopic (exact) mass is 271 g/mol. The van der Waals surface area contributed by atoms with Gasteiger partial charge in [0.2, 0.25) is 0 Å². The molecule has 0 aliphatic rings.